The zero-order valence-corrected chi connectivity index (χ0v) is 21.2. The summed E-state index contributed by atoms with van der Waals surface area (Å²) in [6, 6.07) is 20.3. The van der Waals surface area contributed by atoms with Crippen molar-refractivity contribution in [2.75, 3.05) is 39.1 Å². The quantitative estimate of drug-likeness (QED) is 0.401. The van der Waals surface area contributed by atoms with E-state index in [1.807, 2.05) is 35.2 Å². The van der Waals surface area contributed by atoms with Gasteiger partial charge in [-0.2, -0.15) is 0 Å². The van der Waals surface area contributed by atoms with Crippen molar-refractivity contribution in [3.8, 4) is 0 Å². The van der Waals surface area contributed by atoms with E-state index < -0.39 is 0 Å². The number of rotatable bonds is 9. The van der Waals surface area contributed by atoms with Gasteiger partial charge in [0.25, 0.3) is 0 Å². The van der Waals surface area contributed by atoms with E-state index in [0.29, 0.717) is 19.7 Å². The van der Waals surface area contributed by atoms with E-state index >= 15 is 0 Å². The maximum atomic E-state index is 13.6. The number of fused-ring (bicyclic) bond motifs is 1. The Bertz CT molecular complexity index is 1100. The highest BCUT2D eigenvalue weighted by molar-refractivity contribution is 8.00. The summed E-state index contributed by atoms with van der Waals surface area (Å²) in [4.78, 5) is 32.6. The number of methoxy groups -OCH3 is 1. The molecule has 2 heterocycles. The van der Waals surface area contributed by atoms with Crippen LogP contribution in [0.2, 0.25) is 0 Å². The zero-order chi connectivity index (χ0) is 23.9. The smallest absolute Gasteiger partial charge is 0.242 e. The minimum atomic E-state index is -0.124. The number of ether oxygens (including phenoxy) is 1. The number of thioether (sulfide) groups is 1. The molecule has 2 amide bonds. The van der Waals surface area contributed by atoms with Crippen molar-refractivity contribution in [2.24, 2.45) is 0 Å². The third-order valence-electron chi connectivity index (χ3n) is 6.03. The Kier molecular flexibility index (Phi) is 8.43. The standard InChI is InChI=1S/C27H30N2O3S2/c1-20-8-10-21(11-9-20)27-23-13-17-33-24(23)12-14-29(27)25(30)18-28(15-16-32-2)26(31)19-34-22-6-4-3-5-7-22/h3-11,13,17,27H,12,14-16,18-19H2,1-2H3. The molecule has 1 aliphatic rings. The van der Waals surface area contributed by atoms with Crippen LogP contribution in [0.4, 0.5) is 0 Å². The second-order valence-electron chi connectivity index (χ2n) is 8.36. The van der Waals surface area contributed by atoms with Gasteiger partial charge in [0.1, 0.15) is 0 Å². The molecule has 0 fully saturated rings. The van der Waals surface area contributed by atoms with Crippen molar-refractivity contribution in [3.63, 3.8) is 0 Å². The second-order valence-corrected chi connectivity index (χ2v) is 10.4. The highest BCUT2D eigenvalue weighted by atomic mass is 32.2. The van der Waals surface area contributed by atoms with E-state index in [9.17, 15) is 9.59 Å². The van der Waals surface area contributed by atoms with Crippen molar-refractivity contribution >= 4 is 34.9 Å². The molecule has 1 atom stereocenters. The number of thiophene rings is 1. The van der Waals surface area contributed by atoms with Crippen LogP contribution in [0.1, 0.15) is 27.6 Å². The van der Waals surface area contributed by atoms with Gasteiger partial charge in [0, 0.05) is 30.0 Å². The monoisotopic (exact) mass is 494 g/mol. The first kappa shape index (κ1) is 24.5. The van der Waals surface area contributed by atoms with Gasteiger partial charge in [-0.25, -0.2) is 0 Å². The number of carbonyl (C=O) groups is 2. The Balaban J connectivity index is 1.51. The van der Waals surface area contributed by atoms with E-state index in [0.717, 1.165) is 16.9 Å². The Morgan fingerprint density at radius 3 is 2.62 bits per heavy atom. The van der Waals surface area contributed by atoms with Gasteiger partial charge < -0.3 is 14.5 Å². The Morgan fingerprint density at radius 1 is 1.12 bits per heavy atom. The molecular weight excluding hydrogens is 464 g/mol. The normalized spacial score (nSPS) is 15.1. The average molecular weight is 495 g/mol. The van der Waals surface area contributed by atoms with E-state index in [4.69, 9.17) is 4.74 Å². The number of carbonyl (C=O) groups excluding carboxylic acids is 2. The molecule has 0 saturated carbocycles. The Labute approximate surface area is 209 Å². The molecular formula is C27H30N2O3S2. The lowest BCUT2D eigenvalue weighted by molar-refractivity contribution is -0.141. The highest BCUT2D eigenvalue weighted by Gasteiger charge is 2.33. The molecule has 3 aromatic rings. The van der Waals surface area contributed by atoms with Gasteiger partial charge >= 0.3 is 0 Å². The largest absolute Gasteiger partial charge is 0.383 e. The number of hydrogen-bond donors (Lipinski definition) is 0. The lowest BCUT2D eigenvalue weighted by atomic mass is 9.92. The van der Waals surface area contributed by atoms with Crippen LogP contribution < -0.4 is 0 Å². The molecule has 0 spiro atoms. The Hall–Kier alpha value is -2.61. The molecule has 4 rings (SSSR count). The summed E-state index contributed by atoms with van der Waals surface area (Å²) in [7, 11) is 1.61. The summed E-state index contributed by atoms with van der Waals surface area (Å²) in [5.74, 6) is 0.202. The van der Waals surface area contributed by atoms with E-state index in [1.165, 1.54) is 27.8 Å². The lowest BCUT2D eigenvalue weighted by Gasteiger charge is -2.37. The number of nitrogens with zero attached hydrogens (tertiary/aromatic N) is 2. The molecule has 7 heteroatoms. The van der Waals surface area contributed by atoms with Crippen molar-refractivity contribution in [3.05, 3.63) is 87.6 Å². The highest BCUT2D eigenvalue weighted by Crippen LogP contribution is 2.38. The molecule has 0 radical (unpaired) electrons. The van der Waals surface area contributed by atoms with Crippen molar-refractivity contribution in [1.82, 2.24) is 9.80 Å². The van der Waals surface area contributed by atoms with Crippen LogP contribution in [0, 0.1) is 6.92 Å². The van der Waals surface area contributed by atoms with Gasteiger partial charge in [-0.05, 0) is 48.1 Å². The fourth-order valence-electron chi connectivity index (χ4n) is 4.19. The fraction of sp³-hybridized carbons (Fsp3) is 0.333. The van der Waals surface area contributed by atoms with Gasteiger partial charge in [0.2, 0.25) is 11.8 Å². The average Bonchev–Trinajstić information content (AvgIpc) is 3.34. The third kappa shape index (κ3) is 5.90. The first-order valence-electron chi connectivity index (χ1n) is 11.4. The molecule has 2 aromatic carbocycles. The molecule has 1 unspecified atom stereocenters. The maximum absolute atomic E-state index is 13.6. The molecule has 1 aromatic heterocycles. The third-order valence-corrected chi connectivity index (χ3v) is 8.02. The number of hydrogen-bond acceptors (Lipinski definition) is 5. The van der Waals surface area contributed by atoms with Crippen LogP contribution in [0.25, 0.3) is 0 Å². The molecule has 5 nitrogen and oxygen atoms in total. The molecule has 0 N–H and O–H groups in total. The van der Waals surface area contributed by atoms with E-state index in [2.05, 4.69) is 42.6 Å². The van der Waals surface area contributed by atoms with Gasteiger partial charge in [-0.15, -0.1) is 23.1 Å². The van der Waals surface area contributed by atoms with Crippen LogP contribution in [-0.4, -0.2) is 60.7 Å². The fourth-order valence-corrected chi connectivity index (χ4v) is 5.92. The first-order valence-corrected chi connectivity index (χ1v) is 13.3. The van der Waals surface area contributed by atoms with Crippen molar-refractivity contribution < 1.29 is 14.3 Å². The zero-order valence-electron chi connectivity index (χ0n) is 19.6. The summed E-state index contributed by atoms with van der Waals surface area (Å²) in [5, 5.41) is 2.11. The summed E-state index contributed by atoms with van der Waals surface area (Å²) < 4.78 is 5.23. The molecule has 0 aliphatic carbocycles. The van der Waals surface area contributed by atoms with E-state index in [1.54, 1.807) is 23.3 Å². The SMILES string of the molecule is COCCN(CC(=O)N1CCc2sccc2C1c1ccc(C)cc1)C(=O)CSc1ccccc1. The van der Waals surface area contributed by atoms with Gasteiger partial charge in [0.15, 0.2) is 0 Å². The summed E-state index contributed by atoms with van der Waals surface area (Å²) in [6.45, 7) is 3.56. The van der Waals surface area contributed by atoms with Gasteiger partial charge in [-0.3, -0.25) is 9.59 Å². The number of aryl methyl sites for hydroxylation is 1. The minimum Gasteiger partial charge on any atom is -0.383 e. The number of amides is 2. The second kappa shape index (κ2) is 11.7. The molecule has 34 heavy (non-hydrogen) atoms. The summed E-state index contributed by atoms with van der Waals surface area (Å²) >= 11 is 3.24. The van der Waals surface area contributed by atoms with Gasteiger partial charge in [-0.1, -0.05) is 48.0 Å². The van der Waals surface area contributed by atoms with Crippen LogP contribution in [0.5, 0.6) is 0 Å². The molecule has 1 aliphatic heterocycles. The van der Waals surface area contributed by atoms with Crippen LogP contribution in [-0.2, 0) is 20.7 Å². The first-order chi connectivity index (χ1) is 16.6. The van der Waals surface area contributed by atoms with Crippen molar-refractivity contribution in [2.45, 2.75) is 24.3 Å². The topological polar surface area (TPSA) is 49.9 Å². The summed E-state index contributed by atoms with van der Waals surface area (Å²) in [5.41, 5.74) is 3.49. The molecule has 178 valence electrons. The van der Waals surface area contributed by atoms with Crippen LogP contribution >= 0.6 is 23.1 Å². The lowest BCUT2D eigenvalue weighted by Crippen LogP contribution is -2.47. The van der Waals surface area contributed by atoms with E-state index in [-0.39, 0.29) is 30.2 Å². The summed E-state index contributed by atoms with van der Waals surface area (Å²) in [6.07, 6.45) is 0.844. The van der Waals surface area contributed by atoms with Crippen molar-refractivity contribution in [1.29, 1.82) is 0 Å². The van der Waals surface area contributed by atoms with Gasteiger partial charge in [0.05, 0.1) is 24.9 Å². The molecule has 0 saturated heterocycles. The maximum Gasteiger partial charge on any atom is 0.242 e. The molecule has 0 bridgehead atoms. The predicted molar refractivity (Wildman–Crippen MR) is 138 cm³/mol. The van der Waals surface area contributed by atoms with Crippen LogP contribution in [0.15, 0.2) is 70.9 Å². The number of benzene rings is 2. The predicted octanol–water partition coefficient (Wildman–Crippen LogP) is 4.80. The minimum absolute atomic E-state index is 0.0309. The van der Waals surface area contributed by atoms with Crippen LogP contribution in [0.3, 0.4) is 0 Å². The Morgan fingerprint density at radius 2 is 1.88 bits per heavy atom.